The molecule has 0 aliphatic rings. The molecule has 3 rings (SSSR count). The fraction of sp³-hybridized carbons (Fsp3) is 0.105. The Morgan fingerprint density at radius 2 is 1.68 bits per heavy atom. The first-order valence-electron chi connectivity index (χ1n) is 7.78. The Morgan fingerprint density at radius 3 is 2.36 bits per heavy atom. The van der Waals surface area contributed by atoms with Gasteiger partial charge in [-0.05, 0) is 55.0 Å². The van der Waals surface area contributed by atoms with Gasteiger partial charge >= 0.3 is 0 Å². The predicted molar refractivity (Wildman–Crippen MR) is 96.0 cm³/mol. The molecule has 0 bridgehead atoms. The van der Waals surface area contributed by atoms with E-state index in [-0.39, 0.29) is 11.4 Å². The average molecular weight is 354 g/mol. The largest absolute Gasteiger partial charge is 0.457 e. The third-order valence-corrected chi connectivity index (χ3v) is 5.04. The monoisotopic (exact) mass is 354 g/mol. The molecule has 3 aromatic rings. The van der Waals surface area contributed by atoms with Crippen LogP contribution in [-0.4, -0.2) is 13.4 Å². The van der Waals surface area contributed by atoms with Gasteiger partial charge < -0.3 is 4.74 Å². The first-order valence-corrected chi connectivity index (χ1v) is 9.26. The number of rotatable bonds is 6. The molecule has 0 radical (unpaired) electrons. The van der Waals surface area contributed by atoms with Crippen LogP contribution in [-0.2, 0) is 16.6 Å². The van der Waals surface area contributed by atoms with E-state index >= 15 is 0 Å². The zero-order valence-corrected chi connectivity index (χ0v) is 14.5. The number of nitrogens with zero attached hydrogens (tertiary/aromatic N) is 1. The quantitative estimate of drug-likeness (QED) is 0.733. The van der Waals surface area contributed by atoms with Crippen LogP contribution in [0.5, 0.6) is 11.5 Å². The average Bonchev–Trinajstić information content (AvgIpc) is 2.63. The Balaban J connectivity index is 1.69. The van der Waals surface area contributed by atoms with Crippen molar-refractivity contribution in [1.29, 1.82) is 0 Å². The number of sulfonamides is 1. The van der Waals surface area contributed by atoms with E-state index in [0.717, 1.165) is 11.3 Å². The lowest BCUT2D eigenvalue weighted by Gasteiger charge is -2.10. The molecule has 0 saturated carbocycles. The van der Waals surface area contributed by atoms with Crippen LogP contribution in [0.25, 0.3) is 0 Å². The molecule has 5 nitrogen and oxygen atoms in total. The van der Waals surface area contributed by atoms with E-state index in [4.69, 9.17) is 4.74 Å². The summed E-state index contributed by atoms with van der Waals surface area (Å²) in [6.07, 6.45) is 1.63. The molecule has 1 aromatic heterocycles. The third-order valence-electron chi connectivity index (χ3n) is 3.62. The molecule has 0 aliphatic carbocycles. The number of hydrogen-bond acceptors (Lipinski definition) is 4. The van der Waals surface area contributed by atoms with E-state index in [1.54, 1.807) is 30.5 Å². The summed E-state index contributed by atoms with van der Waals surface area (Å²) in [4.78, 5) is 4.28. The Bertz CT molecular complexity index is 940. The van der Waals surface area contributed by atoms with Crippen molar-refractivity contribution in [3.8, 4) is 11.5 Å². The molecule has 0 spiro atoms. The molecule has 0 aliphatic heterocycles. The Morgan fingerprint density at radius 1 is 0.960 bits per heavy atom. The van der Waals surface area contributed by atoms with Crippen LogP contribution in [0.3, 0.4) is 0 Å². The molecular formula is C19H18N2O3S. The number of aromatic nitrogens is 1. The Hall–Kier alpha value is -2.70. The van der Waals surface area contributed by atoms with Gasteiger partial charge in [-0.15, -0.1) is 0 Å². The molecule has 128 valence electrons. The van der Waals surface area contributed by atoms with Crippen molar-refractivity contribution in [2.24, 2.45) is 0 Å². The lowest BCUT2D eigenvalue weighted by Crippen LogP contribution is -2.23. The summed E-state index contributed by atoms with van der Waals surface area (Å²) in [6.45, 7) is 2.10. The van der Waals surface area contributed by atoms with Crippen molar-refractivity contribution < 1.29 is 13.2 Å². The highest BCUT2D eigenvalue weighted by atomic mass is 32.2. The number of aryl methyl sites for hydroxylation is 1. The summed E-state index contributed by atoms with van der Waals surface area (Å²) >= 11 is 0. The maximum Gasteiger partial charge on any atom is 0.240 e. The van der Waals surface area contributed by atoms with Crippen molar-refractivity contribution in [1.82, 2.24) is 9.71 Å². The molecule has 25 heavy (non-hydrogen) atoms. The Labute approximate surface area is 147 Å². The second-order valence-electron chi connectivity index (χ2n) is 5.48. The molecule has 1 N–H and O–H groups in total. The molecule has 2 aromatic carbocycles. The van der Waals surface area contributed by atoms with Gasteiger partial charge in [-0.2, -0.15) is 0 Å². The topological polar surface area (TPSA) is 68.3 Å². The number of hydrogen-bond donors (Lipinski definition) is 1. The zero-order chi connectivity index (χ0) is 17.7. The van der Waals surface area contributed by atoms with E-state index in [1.165, 1.54) is 12.1 Å². The van der Waals surface area contributed by atoms with Crippen LogP contribution in [0.15, 0.2) is 77.8 Å². The second kappa shape index (κ2) is 7.46. The Kier molecular flexibility index (Phi) is 5.11. The van der Waals surface area contributed by atoms with Crippen LogP contribution in [0, 0.1) is 6.92 Å². The second-order valence-corrected chi connectivity index (χ2v) is 7.25. The smallest absolute Gasteiger partial charge is 0.240 e. The van der Waals surface area contributed by atoms with Crippen molar-refractivity contribution in [3.63, 3.8) is 0 Å². The first-order chi connectivity index (χ1) is 12.0. The summed E-state index contributed by atoms with van der Waals surface area (Å²) in [5.74, 6) is 1.32. The van der Waals surface area contributed by atoms with Gasteiger partial charge in [-0.1, -0.05) is 24.3 Å². The minimum absolute atomic E-state index is 0.143. The highest BCUT2D eigenvalue weighted by Gasteiger charge is 2.14. The summed E-state index contributed by atoms with van der Waals surface area (Å²) < 4.78 is 33.0. The SMILES string of the molecule is Cc1ccccc1Oc1ccc(S(=O)(=O)NCc2ccccn2)cc1. The standard InChI is InChI=1S/C19H18N2O3S/c1-15-6-2-3-8-19(15)24-17-9-11-18(12-10-17)25(22,23)21-14-16-7-4-5-13-20-16/h2-13,21H,14H2,1H3. The maximum atomic E-state index is 12.3. The number of pyridine rings is 1. The number of nitrogens with one attached hydrogen (secondary N) is 1. The first kappa shape index (κ1) is 17.1. The fourth-order valence-electron chi connectivity index (χ4n) is 2.24. The lowest BCUT2D eigenvalue weighted by molar-refractivity contribution is 0.478. The summed E-state index contributed by atoms with van der Waals surface area (Å²) in [7, 11) is -3.60. The van der Waals surface area contributed by atoms with Crippen molar-refractivity contribution >= 4 is 10.0 Å². The van der Waals surface area contributed by atoms with E-state index in [0.29, 0.717) is 11.4 Å². The van der Waals surface area contributed by atoms with Crippen LogP contribution < -0.4 is 9.46 Å². The van der Waals surface area contributed by atoms with Gasteiger partial charge in [0.15, 0.2) is 0 Å². The maximum absolute atomic E-state index is 12.3. The van der Waals surface area contributed by atoms with E-state index in [9.17, 15) is 8.42 Å². The summed E-state index contributed by atoms with van der Waals surface area (Å²) in [6, 6.07) is 19.3. The molecule has 0 amide bonds. The molecule has 0 atom stereocenters. The van der Waals surface area contributed by atoms with Gasteiger partial charge in [-0.25, -0.2) is 13.1 Å². The van der Waals surface area contributed by atoms with E-state index < -0.39 is 10.0 Å². The summed E-state index contributed by atoms with van der Waals surface area (Å²) in [5.41, 5.74) is 1.67. The molecule has 1 heterocycles. The van der Waals surface area contributed by atoms with Crippen LogP contribution in [0.4, 0.5) is 0 Å². The number of para-hydroxylation sites is 1. The van der Waals surface area contributed by atoms with Crippen molar-refractivity contribution in [3.05, 3.63) is 84.2 Å². The third kappa shape index (κ3) is 4.43. The lowest BCUT2D eigenvalue weighted by atomic mass is 10.2. The minimum atomic E-state index is -3.60. The van der Waals surface area contributed by atoms with Crippen molar-refractivity contribution in [2.45, 2.75) is 18.4 Å². The van der Waals surface area contributed by atoms with Crippen molar-refractivity contribution in [2.75, 3.05) is 0 Å². The van der Waals surface area contributed by atoms with Crippen LogP contribution in [0.1, 0.15) is 11.3 Å². The highest BCUT2D eigenvalue weighted by molar-refractivity contribution is 7.89. The number of ether oxygens (including phenoxy) is 1. The highest BCUT2D eigenvalue weighted by Crippen LogP contribution is 2.25. The number of benzene rings is 2. The van der Waals surface area contributed by atoms with Gasteiger partial charge in [0.2, 0.25) is 10.0 Å². The predicted octanol–water partition coefficient (Wildman–Crippen LogP) is 3.66. The molecule has 0 fully saturated rings. The van der Waals surface area contributed by atoms with Gasteiger partial charge in [0.25, 0.3) is 0 Å². The molecule has 0 saturated heterocycles. The minimum Gasteiger partial charge on any atom is -0.457 e. The zero-order valence-electron chi connectivity index (χ0n) is 13.7. The normalized spacial score (nSPS) is 11.2. The fourth-order valence-corrected chi connectivity index (χ4v) is 3.24. The van der Waals surface area contributed by atoms with E-state index in [2.05, 4.69) is 9.71 Å². The molecule has 6 heteroatoms. The molecule has 0 unspecified atom stereocenters. The van der Waals surface area contributed by atoms with E-state index in [1.807, 2.05) is 37.3 Å². The molecular weight excluding hydrogens is 336 g/mol. The van der Waals surface area contributed by atoms with Crippen LogP contribution >= 0.6 is 0 Å². The van der Waals surface area contributed by atoms with Crippen LogP contribution in [0.2, 0.25) is 0 Å². The van der Waals surface area contributed by atoms with Gasteiger partial charge in [-0.3, -0.25) is 4.98 Å². The summed E-state index contributed by atoms with van der Waals surface area (Å²) in [5, 5.41) is 0. The van der Waals surface area contributed by atoms with Gasteiger partial charge in [0.05, 0.1) is 17.1 Å². The van der Waals surface area contributed by atoms with Gasteiger partial charge in [0.1, 0.15) is 11.5 Å². The van der Waals surface area contributed by atoms with Gasteiger partial charge in [0, 0.05) is 6.20 Å².